The third-order valence-electron chi connectivity index (χ3n) is 4.00. The van der Waals surface area contributed by atoms with Crippen molar-refractivity contribution < 1.29 is 14.3 Å². The molecule has 5 heteroatoms. The van der Waals surface area contributed by atoms with Crippen LogP contribution in [0.3, 0.4) is 0 Å². The van der Waals surface area contributed by atoms with E-state index in [0.29, 0.717) is 17.3 Å². The number of hydrogen-bond donors (Lipinski definition) is 1. The quantitative estimate of drug-likeness (QED) is 0.749. The molecule has 2 aromatic rings. The highest BCUT2D eigenvalue weighted by Crippen LogP contribution is 2.31. The van der Waals surface area contributed by atoms with Gasteiger partial charge in [-0.15, -0.1) is 11.8 Å². The number of benzene rings is 2. The molecule has 1 atom stereocenters. The van der Waals surface area contributed by atoms with Crippen molar-refractivity contribution in [2.45, 2.75) is 31.7 Å². The lowest BCUT2D eigenvalue weighted by molar-refractivity contribution is -0.119. The molecule has 0 aliphatic rings. The minimum atomic E-state index is -0.0154. The standard InChI is InChI=1S/C20H25NO3S/c1-13-6-7-14(2)17(10-13)15(3)21-20(22)12-25-16-8-9-18(23-4)19(11-16)24-5/h6-11,15H,12H2,1-5H3,(H,21,22)/t15-/m1/s1. The number of rotatable bonds is 7. The smallest absolute Gasteiger partial charge is 0.230 e. The summed E-state index contributed by atoms with van der Waals surface area (Å²) in [7, 11) is 3.21. The molecule has 0 bridgehead atoms. The second-order valence-electron chi connectivity index (χ2n) is 5.95. The van der Waals surface area contributed by atoms with Crippen molar-refractivity contribution in [3.63, 3.8) is 0 Å². The van der Waals surface area contributed by atoms with Gasteiger partial charge in [0.05, 0.1) is 26.0 Å². The van der Waals surface area contributed by atoms with Crippen LogP contribution in [0.1, 0.15) is 29.7 Å². The van der Waals surface area contributed by atoms with E-state index in [9.17, 15) is 4.79 Å². The summed E-state index contributed by atoms with van der Waals surface area (Å²) >= 11 is 1.47. The van der Waals surface area contributed by atoms with E-state index < -0.39 is 0 Å². The van der Waals surface area contributed by atoms with Crippen molar-refractivity contribution in [3.8, 4) is 11.5 Å². The van der Waals surface area contributed by atoms with E-state index in [-0.39, 0.29) is 11.9 Å². The lowest BCUT2D eigenvalue weighted by Gasteiger charge is -2.17. The molecular weight excluding hydrogens is 334 g/mol. The van der Waals surface area contributed by atoms with Gasteiger partial charge in [-0.3, -0.25) is 4.79 Å². The highest BCUT2D eigenvalue weighted by molar-refractivity contribution is 8.00. The normalized spacial score (nSPS) is 11.7. The molecule has 1 N–H and O–H groups in total. The van der Waals surface area contributed by atoms with Gasteiger partial charge in [-0.25, -0.2) is 0 Å². The van der Waals surface area contributed by atoms with Gasteiger partial charge in [0.1, 0.15) is 0 Å². The average Bonchev–Trinajstić information content (AvgIpc) is 2.61. The lowest BCUT2D eigenvalue weighted by atomic mass is 10.00. The molecule has 0 aliphatic heterocycles. The van der Waals surface area contributed by atoms with Gasteiger partial charge >= 0.3 is 0 Å². The molecule has 0 unspecified atom stereocenters. The summed E-state index contributed by atoms with van der Waals surface area (Å²) < 4.78 is 10.5. The number of nitrogens with one attached hydrogen (secondary N) is 1. The largest absolute Gasteiger partial charge is 0.493 e. The fourth-order valence-corrected chi connectivity index (χ4v) is 3.38. The van der Waals surface area contributed by atoms with Crippen molar-refractivity contribution in [1.82, 2.24) is 5.32 Å². The molecule has 25 heavy (non-hydrogen) atoms. The van der Waals surface area contributed by atoms with Crippen LogP contribution in [0.15, 0.2) is 41.3 Å². The molecule has 2 aromatic carbocycles. The van der Waals surface area contributed by atoms with E-state index in [1.807, 2.05) is 25.1 Å². The first-order valence-corrected chi connectivity index (χ1v) is 9.14. The highest BCUT2D eigenvalue weighted by atomic mass is 32.2. The second kappa shape index (κ2) is 8.81. The van der Waals surface area contributed by atoms with Crippen LogP contribution in [0.5, 0.6) is 11.5 Å². The summed E-state index contributed by atoms with van der Waals surface area (Å²) in [5, 5.41) is 3.07. The van der Waals surface area contributed by atoms with Gasteiger partial charge in [0.25, 0.3) is 0 Å². The first kappa shape index (κ1) is 19.2. The molecule has 4 nitrogen and oxygen atoms in total. The molecule has 0 fully saturated rings. The average molecular weight is 359 g/mol. The molecule has 0 aromatic heterocycles. The van der Waals surface area contributed by atoms with Crippen LogP contribution in [0.2, 0.25) is 0 Å². The Bertz CT molecular complexity index is 746. The zero-order valence-corrected chi connectivity index (χ0v) is 16.2. The van der Waals surface area contributed by atoms with Crippen LogP contribution in [0.25, 0.3) is 0 Å². The molecule has 0 heterocycles. The Morgan fingerprint density at radius 2 is 1.80 bits per heavy atom. The van der Waals surface area contributed by atoms with Crippen molar-refractivity contribution in [1.29, 1.82) is 0 Å². The number of hydrogen-bond acceptors (Lipinski definition) is 4. The second-order valence-corrected chi connectivity index (χ2v) is 7.00. The first-order valence-electron chi connectivity index (χ1n) is 8.16. The van der Waals surface area contributed by atoms with Gasteiger partial charge in [-0.05, 0) is 50.1 Å². The minimum absolute atomic E-state index is 0.00758. The summed E-state index contributed by atoms with van der Waals surface area (Å²) in [6.07, 6.45) is 0. The Morgan fingerprint density at radius 1 is 1.08 bits per heavy atom. The van der Waals surface area contributed by atoms with Crippen LogP contribution in [-0.2, 0) is 4.79 Å². The van der Waals surface area contributed by atoms with Crippen LogP contribution < -0.4 is 14.8 Å². The number of carbonyl (C=O) groups excluding carboxylic acids is 1. The Hall–Kier alpha value is -2.14. The number of ether oxygens (including phenoxy) is 2. The maximum absolute atomic E-state index is 12.3. The molecular formula is C20H25NO3S. The van der Waals surface area contributed by atoms with Gasteiger partial charge < -0.3 is 14.8 Å². The Labute approximate surface area is 153 Å². The van der Waals surface area contributed by atoms with Crippen molar-refractivity contribution in [2.75, 3.05) is 20.0 Å². The Balaban J connectivity index is 1.95. The summed E-state index contributed by atoms with van der Waals surface area (Å²) in [4.78, 5) is 13.3. The molecule has 0 saturated carbocycles. The third-order valence-corrected chi connectivity index (χ3v) is 5.00. The van der Waals surface area contributed by atoms with E-state index >= 15 is 0 Å². The van der Waals surface area contributed by atoms with Crippen LogP contribution in [-0.4, -0.2) is 25.9 Å². The van der Waals surface area contributed by atoms with Gasteiger partial charge in [-0.2, -0.15) is 0 Å². The summed E-state index contributed by atoms with van der Waals surface area (Å²) in [5.41, 5.74) is 3.54. The predicted octanol–water partition coefficient (Wildman–Crippen LogP) is 4.29. The molecule has 134 valence electrons. The van der Waals surface area contributed by atoms with Crippen molar-refractivity contribution in [2.24, 2.45) is 0 Å². The molecule has 0 saturated heterocycles. The van der Waals surface area contributed by atoms with Crippen molar-refractivity contribution >= 4 is 17.7 Å². The fraction of sp³-hybridized carbons (Fsp3) is 0.350. The van der Waals surface area contributed by atoms with Crippen molar-refractivity contribution in [3.05, 3.63) is 53.1 Å². The van der Waals surface area contributed by atoms with Gasteiger partial charge in [-0.1, -0.05) is 23.8 Å². The van der Waals surface area contributed by atoms with Gasteiger partial charge in [0.15, 0.2) is 11.5 Å². The monoisotopic (exact) mass is 359 g/mol. The molecule has 0 spiro atoms. The zero-order valence-electron chi connectivity index (χ0n) is 15.4. The van der Waals surface area contributed by atoms with Crippen LogP contribution >= 0.6 is 11.8 Å². The number of aryl methyl sites for hydroxylation is 2. The molecule has 0 radical (unpaired) electrons. The van der Waals surface area contributed by atoms with E-state index in [1.165, 1.54) is 22.9 Å². The van der Waals surface area contributed by atoms with Gasteiger partial charge in [0, 0.05) is 4.90 Å². The Kier molecular flexibility index (Phi) is 6.76. The summed E-state index contributed by atoms with van der Waals surface area (Å²) in [6, 6.07) is 11.9. The van der Waals surface area contributed by atoms with Gasteiger partial charge in [0.2, 0.25) is 5.91 Å². The van der Waals surface area contributed by atoms with E-state index in [1.54, 1.807) is 14.2 Å². The number of methoxy groups -OCH3 is 2. The lowest BCUT2D eigenvalue weighted by Crippen LogP contribution is -2.28. The number of carbonyl (C=O) groups is 1. The minimum Gasteiger partial charge on any atom is -0.493 e. The van der Waals surface area contributed by atoms with Crippen LogP contribution in [0.4, 0.5) is 0 Å². The number of amides is 1. The summed E-state index contributed by atoms with van der Waals surface area (Å²) in [5.74, 6) is 1.70. The highest BCUT2D eigenvalue weighted by Gasteiger charge is 2.13. The van der Waals surface area contributed by atoms with E-state index in [0.717, 1.165) is 10.5 Å². The van der Waals surface area contributed by atoms with Crippen LogP contribution in [0, 0.1) is 13.8 Å². The number of thioether (sulfide) groups is 1. The summed E-state index contributed by atoms with van der Waals surface area (Å²) in [6.45, 7) is 6.14. The fourth-order valence-electron chi connectivity index (χ4n) is 2.64. The first-order chi connectivity index (χ1) is 11.9. The Morgan fingerprint density at radius 3 is 2.48 bits per heavy atom. The maximum atomic E-state index is 12.3. The third kappa shape index (κ3) is 5.16. The van der Waals surface area contributed by atoms with E-state index in [4.69, 9.17) is 9.47 Å². The van der Waals surface area contributed by atoms with E-state index in [2.05, 4.69) is 37.4 Å². The molecule has 2 rings (SSSR count). The predicted molar refractivity (Wildman–Crippen MR) is 103 cm³/mol. The zero-order chi connectivity index (χ0) is 18.4. The maximum Gasteiger partial charge on any atom is 0.230 e. The SMILES string of the molecule is COc1ccc(SCC(=O)N[C@H](C)c2cc(C)ccc2C)cc1OC. The molecule has 0 aliphatic carbocycles. The topological polar surface area (TPSA) is 47.6 Å². The molecule has 1 amide bonds.